The van der Waals surface area contributed by atoms with Crippen LogP contribution in [-0.4, -0.2) is 34.5 Å². The quantitative estimate of drug-likeness (QED) is 0.707. The normalized spacial score (nSPS) is 10.1. The Morgan fingerprint density at radius 2 is 2.15 bits per heavy atom. The lowest BCUT2D eigenvalue weighted by Gasteiger charge is -2.08. The van der Waals surface area contributed by atoms with Crippen molar-refractivity contribution >= 4 is 17.5 Å². The Kier molecular flexibility index (Phi) is 4.46. The number of aromatic nitrogens is 2. The number of anilines is 1. The number of imidazole rings is 1. The third kappa shape index (κ3) is 3.66. The van der Waals surface area contributed by atoms with Crippen LogP contribution in [0.1, 0.15) is 0 Å². The number of nitrogens with zero attached hydrogens (tertiary/aromatic N) is 2. The third-order valence-electron chi connectivity index (χ3n) is 2.56. The molecule has 0 aliphatic carbocycles. The summed E-state index contributed by atoms with van der Waals surface area (Å²) in [5.74, 6) is -0.679. The van der Waals surface area contributed by atoms with Crippen molar-refractivity contribution in [3.05, 3.63) is 43.0 Å². The van der Waals surface area contributed by atoms with Gasteiger partial charge in [0, 0.05) is 23.8 Å². The van der Waals surface area contributed by atoms with Crippen LogP contribution in [-0.2, 0) is 9.59 Å². The molecule has 2 aromatic rings. The predicted octanol–water partition coefficient (Wildman–Crippen LogP) is -0.114. The smallest absolute Gasteiger partial charge is 0.243 e. The highest BCUT2D eigenvalue weighted by Crippen LogP contribution is 2.14. The predicted molar refractivity (Wildman–Crippen MR) is 74.3 cm³/mol. The molecular formula is C13H15N5O2. The monoisotopic (exact) mass is 273 g/mol. The fourth-order valence-corrected chi connectivity index (χ4v) is 1.61. The van der Waals surface area contributed by atoms with Gasteiger partial charge in [-0.15, -0.1) is 0 Å². The van der Waals surface area contributed by atoms with Crippen molar-refractivity contribution in [2.75, 3.05) is 18.4 Å². The number of amides is 2. The van der Waals surface area contributed by atoms with Gasteiger partial charge in [0.05, 0.1) is 19.4 Å². The number of rotatable bonds is 5. The maximum atomic E-state index is 11.6. The summed E-state index contributed by atoms with van der Waals surface area (Å²) in [5.41, 5.74) is 6.66. The molecule has 1 aromatic heterocycles. The fraction of sp³-hybridized carbons (Fsp3) is 0.154. The number of benzene rings is 1. The van der Waals surface area contributed by atoms with Gasteiger partial charge < -0.3 is 20.9 Å². The summed E-state index contributed by atoms with van der Waals surface area (Å²) in [5, 5.41) is 5.10. The molecule has 1 heterocycles. The van der Waals surface area contributed by atoms with Gasteiger partial charge >= 0.3 is 0 Å². The molecule has 0 aliphatic heterocycles. The summed E-state index contributed by atoms with van der Waals surface area (Å²) >= 11 is 0. The molecule has 2 rings (SSSR count). The molecule has 0 bridgehead atoms. The number of nitrogens with two attached hydrogens (primary N) is 1. The topological polar surface area (TPSA) is 102 Å². The first kappa shape index (κ1) is 13.8. The molecule has 0 fully saturated rings. The van der Waals surface area contributed by atoms with Gasteiger partial charge in [0.1, 0.15) is 0 Å². The second-order valence-electron chi connectivity index (χ2n) is 4.05. The van der Waals surface area contributed by atoms with Crippen molar-refractivity contribution in [1.29, 1.82) is 0 Å². The first-order valence-electron chi connectivity index (χ1n) is 6.04. The van der Waals surface area contributed by atoms with E-state index in [0.29, 0.717) is 5.69 Å². The molecule has 0 atom stereocenters. The SMILES string of the molecule is NCC(=O)NCC(=O)Nc1cccc(-n2ccnc2)c1. The molecule has 104 valence electrons. The Hall–Kier alpha value is -2.67. The van der Waals surface area contributed by atoms with E-state index in [1.165, 1.54) is 0 Å². The van der Waals surface area contributed by atoms with Crippen LogP contribution >= 0.6 is 0 Å². The molecule has 0 unspecified atom stereocenters. The van der Waals surface area contributed by atoms with E-state index >= 15 is 0 Å². The van der Waals surface area contributed by atoms with Crippen molar-refractivity contribution in [2.45, 2.75) is 0 Å². The largest absolute Gasteiger partial charge is 0.346 e. The van der Waals surface area contributed by atoms with Gasteiger partial charge in [-0.1, -0.05) is 6.07 Å². The van der Waals surface area contributed by atoms with Crippen LogP contribution in [0.25, 0.3) is 5.69 Å². The highest BCUT2D eigenvalue weighted by Gasteiger charge is 2.05. The van der Waals surface area contributed by atoms with Crippen LogP contribution in [0.4, 0.5) is 5.69 Å². The average Bonchev–Trinajstić information content (AvgIpc) is 2.99. The highest BCUT2D eigenvalue weighted by molar-refractivity contribution is 5.94. The van der Waals surface area contributed by atoms with Crippen LogP contribution in [0.2, 0.25) is 0 Å². The minimum absolute atomic E-state index is 0.106. The Morgan fingerprint density at radius 3 is 2.85 bits per heavy atom. The molecule has 7 nitrogen and oxygen atoms in total. The second-order valence-corrected chi connectivity index (χ2v) is 4.05. The molecule has 0 saturated carbocycles. The van der Waals surface area contributed by atoms with Gasteiger partial charge in [0.25, 0.3) is 0 Å². The zero-order valence-electron chi connectivity index (χ0n) is 10.7. The number of hydrogen-bond donors (Lipinski definition) is 3. The first-order valence-corrected chi connectivity index (χ1v) is 6.04. The van der Waals surface area contributed by atoms with Crippen molar-refractivity contribution < 1.29 is 9.59 Å². The lowest BCUT2D eigenvalue weighted by atomic mass is 10.2. The Labute approximate surface area is 115 Å². The summed E-state index contributed by atoms with van der Waals surface area (Å²) in [6.07, 6.45) is 5.15. The molecule has 4 N–H and O–H groups in total. The maximum Gasteiger partial charge on any atom is 0.243 e. The number of hydrogen-bond acceptors (Lipinski definition) is 4. The molecule has 20 heavy (non-hydrogen) atoms. The van der Waals surface area contributed by atoms with Gasteiger partial charge in [-0.2, -0.15) is 0 Å². The van der Waals surface area contributed by atoms with E-state index in [2.05, 4.69) is 15.6 Å². The Morgan fingerprint density at radius 1 is 1.30 bits per heavy atom. The molecule has 0 saturated heterocycles. The summed E-state index contributed by atoms with van der Waals surface area (Å²) < 4.78 is 1.83. The minimum Gasteiger partial charge on any atom is -0.346 e. The van der Waals surface area contributed by atoms with Gasteiger partial charge in [-0.05, 0) is 18.2 Å². The Bertz CT molecular complexity index is 595. The molecule has 2 amide bonds. The standard InChI is InChI=1S/C13H15N5O2/c14-7-12(19)16-8-13(20)17-10-2-1-3-11(6-10)18-5-4-15-9-18/h1-6,9H,7-8,14H2,(H,16,19)(H,17,20). The minimum atomic E-state index is -0.368. The lowest BCUT2D eigenvalue weighted by molar-refractivity contribution is -0.123. The maximum absolute atomic E-state index is 11.6. The summed E-state index contributed by atoms with van der Waals surface area (Å²) in [6.45, 7) is -0.241. The first-order chi connectivity index (χ1) is 9.69. The number of carbonyl (C=O) groups excluding carboxylic acids is 2. The third-order valence-corrected chi connectivity index (χ3v) is 2.56. The van der Waals surface area contributed by atoms with E-state index in [1.54, 1.807) is 18.6 Å². The lowest BCUT2D eigenvalue weighted by Crippen LogP contribution is -2.36. The molecule has 0 spiro atoms. The zero-order chi connectivity index (χ0) is 14.4. The molecular weight excluding hydrogens is 258 g/mol. The van der Waals surface area contributed by atoms with E-state index in [0.717, 1.165) is 5.69 Å². The van der Waals surface area contributed by atoms with E-state index < -0.39 is 0 Å². The Balaban J connectivity index is 1.98. The molecule has 7 heteroatoms. The van der Waals surface area contributed by atoms with Crippen molar-refractivity contribution in [1.82, 2.24) is 14.9 Å². The van der Waals surface area contributed by atoms with Gasteiger partial charge in [-0.3, -0.25) is 9.59 Å². The van der Waals surface area contributed by atoms with Crippen LogP contribution in [0.5, 0.6) is 0 Å². The summed E-state index contributed by atoms with van der Waals surface area (Å²) in [6, 6.07) is 7.30. The molecule has 0 aliphatic rings. The van der Waals surface area contributed by atoms with E-state index in [4.69, 9.17) is 5.73 Å². The average molecular weight is 273 g/mol. The summed E-state index contributed by atoms with van der Waals surface area (Å²) in [7, 11) is 0. The fourth-order valence-electron chi connectivity index (χ4n) is 1.61. The second kappa shape index (κ2) is 6.48. The van der Waals surface area contributed by atoms with Crippen molar-refractivity contribution in [3.8, 4) is 5.69 Å². The highest BCUT2D eigenvalue weighted by atomic mass is 16.2. The summed E-state index contributed by atoms with van der Waals surface area (Å²) in [4.78, 5) is 26.6. The van der Waals surface area contributed by atoms with Gasteiger partial charge in [0.15, 0.2) is 0 Å². The van der Waals surface area contributed by atoms with Crippen molar-refractivity contribution in [3.63, 3.8) is 0 Å². The van der Waals surface area contributed by atoms with Crippen molar-refractivity contribution in [2.24, 2.45) is 5.73 Å². The van der Waals surface area contributed by atoms with Crippen LogP contribution in [0, 0.1) is 0 Å². The van der Waals surface area contributed by atoms with E-state index in [1.807, 2.05) is 29.0 Å². The van der Waals surface area contributed by atoms with Gasteiger partial charge in [-0.25, -0.2) is 4.98 Å². The molecule has 1 aromatic carbocycles. The number of nitrogens with one attached hydrogen (secondary N) is 2. The van der Waals surface area contributed by atoms with Gasteiger partial charge in [0.2, 0.25) is 11.8 Å². The van der Waals surface area contributed by atoms with Crippen LogP contribution in [0.15, 0.2) is 43.0 Å². The van der Waals surface area contributed by atoms with Crippen LogP contribution in [0.3, 0.4) is 0 Å². The van der Waals surface area contributed by atoms with E-state index in [-0.39, 0.29) is 24.9 Å². The molecule has 0 radical (unpaired) electrons. The zero-order valence-corrected chi connectivity index (χ0v) is 10.7. The number of carbonyl (C=O) groups is 2. The van der Waals surface area contributed by atoms with Crippen LogP contribution < -0.4 is 16.4 Å². The van der Waals surface area contributed by atoms with E-state index in [9.17, 15) is 9.59 Å².